The lowest BCUT2D eigenvalue weighted by Gasteiger charge is -2.27. The Hall–Kier alpha value is -4.66. The lowest BCUT2D eigenvalue weighted by Crippen LogP contribution is -2.48. The van der Waals surface area contributed by atoms with Crippen LogP contribution >= 0.6 is 11.3 Å². The van der Waals surface area contributed by atoms with Gasteiger partial charge < -0.3 is 29.8 Å². The highest BCUT2D eigenvalue weighted by Gasteiger charge is 2.32. The average Bonchev–Trinajstić information content (AvgIpc) is 3.71. The fraction of sp³-hybridized carbons (Fsp3) is 0.448. The number of thiazole rings is 1. The number of oxazole rings is 1. The predicted octanol–water partition coefficient (Wildman–Crippen LogP) is 3.19. The molecule has 232 valence electrons. The highest BCUT2D eigenvalue weighted by Crippen LogP contribution is 2.28. The lowest BCUT2D eigenvalue weighted by atomic mass is 10.0. The predicted molar refractivity (Wildman–Crippen MR) is 159 cm³/mol. The maximum absolute atomic E-state index is 13.8. The summed E-state index contributed by atoms with van der Waals surface area (Å²) in [7, 11) is 0. The normalized spacial score (nSPS) is 20.3. The topological polar surface area (TPSA) is 185 Å². The van der Waals surface area contributed by atoms with Crippen LogP contribution in [0.4, 0.5) is 0 Å². The minimum absolute atomic E-state index is 0.0391. The molecule has 15 heteroatoms. The molecule has 3 N–H and O–H groups in total. The molecule has 0 aromatic carbocycles. The van der Waals surface area contributed by atoms with Crippen molar-refractivity contribution in [3.63, 3.8) is 0 Å². The van der Waals surface area contributed by atoms with Crippen molar-refractivity contribution in [2.75, 3.05) is 13.1 Å². The Labute approximate surface area is 257 Å². The SMILES string of the molecule is Cc1oc2nc1C(=O)N[C@H](C)CN(C(=O)c1onc3ncccc13)CC(=O)N[C@@H](C(C)C)c1nc(cs1)C(=O)N[C@@H]2C(C)C. The fourth-order valence-corrected chi connectivity index (χ4v) is 5.92. The van der Waals surface area contributed by atoms with Gasteiger partial charge in [0.1, 0.15) is 29.0 Å². The van der Waals surface area contributed by atoms with Gasteiger partial charge in [0.15, 0.2) is 5.69 Å². The molecular weight excluding hydrogens is 588 g/mol. The fourth-order valence-electron chi connectivity index (χ4n) is 4.90. The second-order valence-corrected chi connectivity index (χ2v) is 12.3. The first kappa shape index (κ1) is 30.8. The van der Waals surface area contributed by atoms with Gasteiger partial charge in [0.05, 0.1) is 11.4 Å². The molecule has 14 nitrogen and oxygen atoms in total. The summed E-state index contributed by atoms with van der Waals surface area (Å²) in [5, 5.41) is 15.2. The Morgan fingerprint density at radius 2 is 1.80 bits per heavy atom. The van der Waals surface area contributed by atoms with Crippen LogP contribution in [0.3, 0.4) is 0 Å². The number of hydrogen-bond acceptors (Lipinski definition) is 11. The molecule has 4 aromatic rings. The highest BCUT2D eigenvalue weighted by molar-refractivity contribution is 7.09. The van der Waals surface area contributed by atoms with Crippen molar-refractivity contribution >= 4 is 46.0 Å². The van der Waals surface area contributed by atoms with Gasteiger partial charge in [-0.05, 0) is 37.8 Å². The van der Waals surface area contributed by atoms with Crippen LogP contribution in [-0.4, -0.2) is 67.8 Å². The Morgan fingerprint density at radius 1 is 1.05 bits per heavy atom. The summed E-state index contributed by atoms with van der Waals surface area (Å²) in [6, 6.07) is 1.52. The molecule has 3 atom stereocenters. The van der Waals surface area contributed by atoms with Crippen LogP contribution in [0.5, 0.6) is 0 Å². The maximum atomic E-state index is 13.8. The number of nitrogens with zero attached hydrogens (tertiary/aromatic N) is 5. The van der Waals surface area contributed by atoms with E-state index in [1.165, 1.54) is 22.4 Å². The molecule has 0 radical (unpaired) electrons. The standard InChI is InChI=1S/C29H34N8O6S/c1-13(2)20-27-35-22(16(6)42-27)26(40)31-15(5)10-37(29(41)23-17-8-7-9-30-24(17)36-43-23)11-19(38)33-21(14(3)4)28-32-18(12-44-28)25(39)34-20/h7-9,12-15,20-21H,10-11H2,1-6H3,(H,31,40)(H,33,38)(H,34,39)/t15-,20-,21+/m1/s1. The number of amides is 4. The van der Waals surface area contributed by atoms with Crippen molar-refractivity contribution in [3.05, 3.63) is 57.5 Å². The van der Waals surface area contributed by atoms with Crippen LogP contribution in [0.1, 0.15) is 94.9 Å². The molecule has 0 saturated carbocycles. The van der Waals surface area contributed by atoms with Crippen molar-refractivity contribution in [3.8, 4) is 0 Å². The van der Waals surface area contributed by atoms with Gasteiger partial charge in [0.2, 0.25) is 23.2 Å². The van der Waals surface area contributed by atoms with Crippen LogP contribution in [0.2, 0.25) is 0 Å². The van der Waals surface area contributed by atoms with E-state index in [0.29, 0.717) is 10.4 Å². The zero-order valence-corrected chi connectivity index (χ0v) is 26.0. The number of carbonyl (C=O) groups excluding carboxylic acids is 4. The van der Waals surface area contributed by atoms with Gasteiger partial charge in [-0.15, -0.1) is 11.3 Å². The van der Waals surface area contributed by atoms with E-state index in [2.05, 4.69) is 36.1 Å². The zero-order valence-electron chi connectivity index (χ0n) is 25.2. The summed E-state index contributed by atoms with van der Waals surface area (Å²) >= 11 is 1.25. The van der Waals surface area contributed by atoms with E-state index in [1.807, 2.05) is 27.7 Å². The van der Waals surface area contributed by atoms with Crippen LogP contribution in [-0.2, 0) is 4.79 Å². The van der Waals surface area contributed by atoms with Crippen LogP contribution in [0, 0.1) is 18.8 Å². The summed E-state index contributed by atoms with van der Waals surface area (Å²) in [5.74, 6) is -1.86. The molecule has 1 aliphatic heterocycles. The van der Waals surface area contributed by atoms with Crippen LogP contribution in [0.15, 0.2) is 32.6 Å². The third-order valence-electron chi connectivity index (χ3n) is 7.19. The van der Waals surface area contributed by atoms with Gasteiger partial charge in [0, 0.05) is 24.2 Å². The molecule has 1 aliphatic rings. The zero-order chi connectivity index (χ0) is 31.7. The number of hydrogen-bond donors (Lipinski definition) is 3. The average molecular weight is 623 g/mol. The molecule has 0 saturated heterocycles. The largest absolute Gasteiger partial charge is 0.443 e. The van der Waals surface area contributed by atoms with Crippen LogP contribution in [0.25, 0.3) is 11.0 Å². The molecular formula is C29H34N8O6S. The van der Waals surface area contributed by atoms with Crippen molar-refractivity contribution in [1.29, 1.82) is 0 Å². The molecule has 0 spiro atoms. The number of rotatable bonds is 3. The minimum Gasteiger partial charge on any atom is -0.443 e. The number of fused-ring (bicyclic) bond motifs is 5. The van der Waals surface area contributed by atoms with E-state index >= 15 is 0 Å². The number of carbonyl (C=O) groups is 4. The Kier molecular flexibility index (Phi) is 8.76. The van der Waals surface area contributed by atoms with Crippen molar-refractivity contribution in [1.82, 2.24) is 41.0 Å². The second kappa shape index (κ2) is 12.5. The molecule has 0 unspecified atom stereocenters. The van der Waals surface area contributed by atoms with Gasteiger partial charge >= 0.3 is 0 Å². The van der Waals surface area contributed by atoms with E-state index in [0.717, 1.165) is 0 Å². The first-order valence-corrected chi connectivity index (χ1v) is 15.1. The third kappa shape index (κ3) is 6.32. The maximum Gasteiger partial charge on any atom is 0.293 e. The van der Waals surface area contributed by atoms with Gasteiger partial charge in [0.25, 0.3) is 17.7 Å². The van der Waals surface area contributed by atoms with Crippen LogP contribution < -0.4 is 16.0 Å². The minimum atomic E-state index is -0.635. The Morgan fingerprint density at radius 3 is 2.52 bits per heavy atom. The summed E-state index contributed by atoms with van der Waals surface area (Å²) in [6.07, 6.45) is 1.53. The summed E-state index contributed by atoms with van der Waals surface area (Å²) in [6.45, 7) is 10.6. The number of pyridine rings is 1. The number of aromatic nitrogens is 4. The van der Waals surface area contributed by atoms with Crippen molar-refractivity contribution in [2.24, 2.45) is 11.8 Å². The monoisotopic (exact) mass is 622 g/mol. The third-order valence-corrected chi connectivity index (χ3v) is 8.12. The summed E-state index contributed by atoms with van der Waals surface area (Å²) in [5.41, 5.74) is 0.476. The van der Waals surface area contributed by atoms with Gasteiger partial charge in [-0.25, -0.2) is 15.0 Å². The molecule has 44 heavy (non-hydrogen) atoms. The highest BCUT2D eigenvalue weighted by atomic mass is 32.1. The molecule has 0 aliphatic carbocycles. The Balaban J connectivity index is 1.53. The number of nitrogens with one attached hydrogen (secondary N) is 3. The van der Waals surface area contributed by atoms with Crippen molar-refractivity contribution < 1.29 is 28.1 Å². The first-order chi connectivity index (χ1) is 20.9. The molecule has 5 rings (SSSR count). The summed E-state index contributed by atoms with van der Waals surface area (Å²) in [4.78, 5) is 68.2. The van der Waals surface area contributed by atoms with E-state index in [4.69, 9.17) is 8.94 Å². The van der Waals surface area contributed by atoms with E-state index in [-0.39, 0.29) is 59.4 Å². The first-order valence-electron chi connectivity index (χ1n) is 14.3. The lowest BCUT2D eigenvalue weighted by molar-refractivity contribution is -0.123. The quantitative estimate of drug-likeness (QED) is 0.306. The number of aryl methyl sites for hydroxylation is 1. The molecule has 4 aromatic heterocycles. The molecule has 0 fully saturated rings. The second-order valence-electron chi connectivity index (χ2n) is 11.5. The van der Waals surface area contributed by atoms with Crippen molar-refractivity contribution in [2.45, 2.75) is 59.7 Å². The van der Waals surface area contributed by atoms with E-state index in [9.17, 15) is 19.2 Å². The molecule has 4 amide bonds. The van der Waals surface area contributed by atoms with Gasteiger partial charge in [-0.3, -0.25) is 19.2 Å². The Bertz CT molecular complexity index is 1710. The van der Waals surface area contributed by atoms with E-state index < -0.39 is 41.8 Å². The smallest absolute Gasteiger partial charge is 0.293 e. The summed E-state index contributed by atoms with van der Waals surface area (Å²) < 4.78 is 11.2. The van der Waals surface area contributed by atoms with E-state index in [1.54, 1.807) is 31.4 Å². The molecule has 4 bridgehead atoms. The van der Waals surface area contributed by atoms with Gasteiger partial charge in [-0.2, -0.15) is 0 Å². The van der Waals surface area contributed by atoms with Gasteiger partial charge in [-0.1, -0.05) is 32.9 Å². The molecule has 5 heterocycles.